The number of likely N-dealkylation sites (tertiary alicyclic amines) is 1. The van der Waals surface area contributed by atoms with Gasteiger partial charge in [-0.3, -0.25) is 4.79 Å². The van der Waals surface area contributed by atoms with Gasteiger partial charge in [0.05, 0.1) is 19.1 Å². The largest absolute Gasteiger partial charge is 0.391 e. The van der Waals surface area contributed by atoms with E-state index >= 15 is 0 Å². The molecule has 1 amide bonds. The lowest BCUT2D eigenvalue weighted by Gasteiger charge is -2.13. The molecule has 0 aromatic heterocycles. The Balaban J connectivity index is 2.47. The monoisotopic (exact) mass is 219 g/mol. The van der Waals surface area contributed by atoms with Gasteiger partial charge in [0.2, 0.25) is 5.91 Å². The van der Waals surface area contributed by atoms with Crippen molar-refractivity contribution >= 4 is 21.8 Å². The van der Waals surface area contributed by atoms with E-state index < -0.39 is 6.10 Å². The molecule has 1 aliphatic heterocycles. The molecule has 1 N–H and O–H groups in total. The maximum atomic E-state index is 11.0. The highest BCUT2D eigenvalue weighted by Gasteiger charge is 2.27. The quantitative estimate of drug-likeness (QED) is 0.735. The van der Waals surface area contributed by atoms with Crippen LogP contribution < -0.4 is 0 Å². The first-order valence-electron chi connectivity index (χ1n) is 3.38. The molecule has 3 nitrogen and oxygen atoms in total. The molecular formula is C7H10BrNO2. The first-order valence-corrected chi connectivity index (χ1v) is 4.18. The van der Waals surface area contributed by atoms with Crippen LogP contribution in [-0.2, 0) is 4.79 Å². The molecule has 1 unspecified atom stereocenters. The average Bonchev–Trinajstić information content (AvgIpc) is 2.09. The molecule has 4 heteroatoms. The number of halogens is 1. The van der Waals surface area contributed by atoms with Gasteiger partial charge in [-0.05, 0) is 0 Å². The van der Waals surface area contributed by atoms with Crippen LogP contribution in [0.25, 0.3) is 0 Å². The third kappa shape index (κ3) is 2.31. The first-order chi connectivity index (χ1) is 5.09. The van der Waals surface area contributed by atoms with Gasteiger partial charge in [-0.1, -0.05) is 22.5 Å². The van der Waals surface area contributed by atoms with Gasteiger partial charge in [0.15, 0.2) is 0 Å². The Labute approximate surface area is 73.8 Å². The maximum Gasteiger partial charge on any atom is 0.225 e. The minimum absolute atomic E-state index is 0.00176. The predicted molar refractivity (Wildman–Crippen MR) is 45.3 cm³/mol. The molecule has 0 aromatic carbocycles. The molecule has 62 valence electrons. The van der Waals surface area contributed by atoms with Gasteiger partial charge in [-0.2, -0.15) is 0 Å². The molecule has 1 heterocycles. The summed E-state index contributed by atoms with van der Waals surface area (Å²) in [6.45, 7) is 4.55. The van der Waals surface area contributed by atoms with Crippen LogP contribution in [0, 0.1) is 0 Å². The summed E-state index contributed by atoms with van der Waals surface area (Å²) in [5.74, 6) is -0.00176. The van der Waals surface area contributed by atoms with E-state index in [1.165, 1.54) is 0 Å². The second-order valence-electron chi connectivity index (χ2n) is 2.65. The van der Waals surface area contributed by atoms with Crippen LogP contribution in [0.3, 0.4) is 0 Å². The highest BCUT2D eigenvalue weighted by atomic mass is 79.9. The molecule has 0 spiro atoms. The van der Waals surface area contributed by atoms with E-state index in [2.05, 4.69) is 22.5 Å². The Kier molecular flexibility index (Phi) is 2.67. The zero-order chi connectivity index (χ0) is 8.43. The van der Waals surface area contributed by atoms with E-state index in [0.717, 1.165) is 4.48 Å². The van der Waals surface area contributed by atoms with Crippen molar-refractivity contribution < 1.29 is 9.90 Å². The molecule has 1 saturated heterocycles. The van der Waals surface area contributed by atoms with Crippen LogP contribution >= 0.6 is 15.9 Å². The topological polar surface area (TPSA) is 40.5 Å². The molecule has 0 bridgehead atoms. The number of carbonyl (C=O) groups excluding carboxylic acids is 1. The minimum atomic E-state index is -0.491. The second kappa shape index (κ2) is 3.36. The van der Waals surface area contributed by atoms with Crippen molar-refractivity contribution in [1.82, 2.24) is 4.90 Å². The number of β-amino-alcohol motifs (C(OH)–C–C–N with tert-alkyl or cyclic N) is 1. The standard InChI is InChI=1S/C7H10BrNO2/c1-5(8)3-9-4-6(10)2-7(9)11/h6,10H,1-4H2. The van der Waals surface area contributed by atoms with Gasteiger partial charge in [-0.15, -0.1) is 0 Å². The Bertz CT molecular complexity index is 193. The van der Waals surface area contributed by atoms with Gasteiger partial charge >= 0.3 is 0 Å². The summed E-state index contributed by atoms with van der Waals surface area (Å²) in [6, 6.07) is 0. The minimum Gasteiger partial charge on any atom is -0.391 e. The summed E-state index contributed by atoms with van der Waals surface area (Å²) in [7, 11) is 0. The zero-order valence-corrected chi connectivity index (χ0v) is 7.67. The Morgan fingerprint density at radius 2 is 2.55 bits per heavy atom. The van der Waals surface area contributed by atoms with E-state index in [1.54, 1.807) is 4.90 Å². The summed E-state index contributed by atoms with van der Waals surface area (Å²) in [5, 5.41) is 9.08. The van der Waals surface area contributed by atoms with E-state index in [1.807, 2.05) is 0 Å². The number of aliphatic hydroxyl groups excluding tert-OH is 1. The van der Waals surface area contributed by atoms with Crippen molar-refractivity contribution in [2.75, 3.05) is 13.1 Å². The van der Waals surface area contributed by atoms with Gasteiger partial charge < -0.3 is 10.0 Å². The van der Waals surface area contributed by atoms with Crippen LogP contribution in [0.4, 0.5) is 0 Å². The molecular weight excluding hydrogens is 210 g/mol. The van der Waals surface area contributed by atoms with Crippen molar-refractivity contribution in [2.45, 2.75) is 12.5 Å². The number of rotatable bonds is 2. The van der Waals surface area contributed by atoms with Crippen molar-refractivity contribution in [2.24, 2.45) is 0 Å². The SMILES string of the molecule is C=C(Br)CN1CC(O)CC1=O. The van der Waals surface area contributed by atoms with E-state index in [4.69, 9.17) is 5.11 Å². The van der Waals surface area contributed by atoms with Crippen LogP contribution in [-0.4, -0.2) is 35.1 Å². The zero-order valence-electron chi connectivity index (χ0n) is 6.09. The third-order valence-electron chi connectivity index (χ3n) is 1.56. The lowest BCUT2D eigenvalue weighted by atomic mass is 10.3. The summed E-state index contributed by atoms with van der Waals surface area (Å²) < 4.78 is 0.764. The number of hydrogen-bond acceptors (Lipinski definition) is 2. The fraction of sp³-hybridized carbons (Fsp3) is 0.571. The number of aliphatic hydroxyl groups is 1. The van der Waals surface area contributed by atoms with Crippen LogP contribution in [0.15, 0.2) is 11.1 Å². The highest BCUT2D eigenvalue weighted by Crippen LogP contribution is 2.13. The molecule has 1 rings (SSSR count). The second-order valence-corrected chi connectivity index (χ2v) is 3.77. The molecule has 0 radical (unpaired) electrons. The van der Waals surface area contributed by atoms with Crippen LogP contribution in [0.1, 0.15) is 6.42 Å². The lowest BCUT2D eigenvalue weighted by molar-refractivity contribution is -0.127. The molecule has 1 fully saturated rings. The maximum absolute atomic E-state index is 11.0. The van der Waals surface area contributed by atoms with Gasteiger partial charge in [0.25, 0.3) is 0 Å². The third-order valence-corrected chi connectivity index (χ3v) is 1.81. The molecule has 0 saturated carbocycles. The lowest BCUT2D eigenvalue weighted by Crippen LogP contribution is -2.26. The van der Waals surface area contributed by atoms with Crippen molar-refractivity contribution in [3.63, 3.8) is 0 Å². The molecule has 0 aliphatic carbocycles. The summed E-state index contributed by atoms with van der Waals surface area (Å²) >= 11 is 3.16. The molecule has 1 aliphatic rings. The molecule has 1 atom stereocenters. The van der Waals surface area contributed by atoms with Crippen LogP contribution in [0.2, 0.25) is 0 Å². The summed E-state index contributed by atoms with van der Waals surface area (Å²) in [6.07, 6.45) is -0.241. The van der Waals surface area contributed by atoms with E-state index in [0.29, 0.717) is 13.1 Å². The number of amides is 1. The Morgan fingerprint density at radius 1 is 1.91 bits per heavy atom. The Morgan fingerprint density at radius 3 is 2.91 bits per heavy atom. The number of hydrogen-bond donors (Lipinski definition) is 1. The van der Waals surface area contributed by atoms with Gasteiger partial charge in [-0.25, -0.2) is 0 Å². The molecule has 0 aromatic rings. The average molecular weight is 220 g/mol. The fourth-order valence-corrected chi connectivity index (χ4v) is 1.41. The highest BCUT2D eigenvalue weighted by molar-refractivity contribution is 9.11. The Hall–Kier alpha value is -0.350. The first kappa shape index (κ1) is 8.74. The van der Waals surface area contributed by atoms with Crippen molar-refractivity contribution in [3.8, 4) is 0 Å². The van der Waals surface area contributed by atoms with Crippen LogP contribution in [0.5, 0.6) is 0 Å². The van der Waals surface area contributed by atoms with Gasteiger partial charge in [0.1, 0.15) is 0 Å². The predicted octanol–water partition coefficient (Wildman–Crippen LogP) is 0.488. The van der Waals surface area contributed by atoms with Crippen molar-refractivity contribution in [3.05, 3.63) is 11.1 Å². The normalized spacial score (nSPS) is 24.4. The fourth-order valence-electron chi connectivity index (χ4n) is 1.11. The van der Waals surface area contributed by atoms with Crippen molar-refractivity contribution in [1.29, 1.82) is 0 Å². The number of nitrogens with zero attached hydrogens (tertiary/aromatic N) is 1. The van der Waals surface area contributed by atoms with Gasteiger partial charge in [0, 0.05) is 11.0 Å². The smallest absolute Gasteiger partial charge is 0.225 e. The summed E-state index contributed by atoms with van der Waals surface area (Å²) in [5.41, 5.74) is 0. The molecule has 11 heavy (non-hydrogen) atoms. The number of carbonyl (C=O) groups is 1. The summed E-state index contributed by atoms with van der Waals surface area (Å²) in [4.78, 5) is 12.6. The van der Waals surface area contributed by atoms with E-state index in [9.17, 15) is 4.79 Å². The van der Waals surface area contributed by atoms with E-state index in [-0.39, 0.29) is 12.3 Å².